The molecular weight excluding hydrogens is 250 g/mol. The first-order chi connectivity index (χ1) is 9.81. The van der Waals surface area contributed by atoms with Gasteiger partial charge in [0.2, 0.25) is 5.91 Å². The number of nitrogens with one attached hydrogen (secondary N) is 1. The number of ether oxygens (including phenoxy) is 1. The summed E-state index contributed by atoms with van der Waals surface area (Å²) in [5.41, 5.74) is 1.07. The summed E-state index contributed by atoms with van der Waals surface area (Å²) >= 11 is 0. The fraction of sp³-hybridized carbons (Fsp3) is 0.353. The first-order valence-corrected chi connectivity index (χ1v) is 7.12. The van der Waals surface area contributed by atoms with Crippen LogP contribution in [0.1, 0.15) is 18.9 Å². The van der Waals surface area contributed by atoms with Crippen LogP contribution in [0.15, 0.2) is 42.5 Å². The zero-order valence-corrected chi connectivity index (χ0v) is 11.9. The van der Waals surface area contributed by atoms with Gasteiger partial charge >= 0.3 is 0 Å². The first kappa shape index (κ1) is 14.5. The van der Waals surface area contributed by atoms with Crippen molar-refractivity contribution in [1.29, 1.82) is 0 Å². The van der Waals surface area contributed by atoms with Gasteiger partial charge in [0.15, 0.2) is 0 Å². The zero-order chi connectivity index (χ0) is 14.2. The van der Waals surface area contributed by atoms with Crippen molar-refractivity contribution in [2.24, 2.45) is 0 Å². The summed E-state index contributed by atoms with van der Waals surface area (Å²) in [6.45, 7) is 4.07. The van der Waals surface area contributed by atoms with Gasteiger partial charge in [-0.15, -0.1) is 0 Å². The fourth-order valence-corrected chi connectivity index (χ4v) is 2.23. The van der Waals surface area contributed by atoms with Crippen molar-refractivity contribution in [3.05, 3.63) is 48.0 Å². The van der Waals surface area contributed by atoms with Gasteiger partial charge in [0.1, 0.15) is 0 Å². The zero-order valence-electron chi connectivity index (χ0n) is 11.9. The van der Waals surface area contributed by atoms with E-state index < -0.39 is 0 Å². The second-order valence-corrected chi connectivity index (χ2v) is 4.72. The van der Waals surface area contributed by atoms with Crippen LogP contribution < -0.4 is 5.32 Å². The molecule has 3 heteroatoms. The molecule has 0 atom stereocenters. The standard InChI is InChI=1S/C17H21NO2/c1-2-20-12-6-11-18-17(19)13-15-9-5-8-14-7-3-4-10-16(14)15/h3-5,7-10H,2,6,11-13H2,1H3,(H,18,19). The lowest BCUT2D eigenvalue weighted by molar-refractivity contribution is -0.120. The van der Waals surface area contributed by atoms with E-state index in [9.17, 15) is 4.79 Å². The number of fused-ring (bicyclic) bond motifs is 1. The van der Waals surface area contributed by atoms with E-state index in [1.807, 2.05) is 31.2 Å². The second kappa shape index (κ2) is 7.65. The molecule has 20 heavy (non-hydrogen) atoms. The first-order valence-electron chi connectivity index (χ1n) is 7.12. The van der Waals surface area contributed by atoms with E-state index in [0.717, 1.165) is 24.0 Å². The van der Waals surface area contributed by atoms with Gasteiger partial charge in [-0.3, -0.25) is 4.79 Å². The minimum atomic E-state index is 0.0675. The molecule has 2 aromatic carbocycles. The van der Waals surface area contributed by atoms with Crippen molar-refractivity contribution in [2.75, 3.05) is 19.8 Å². The molecule has 3 nitrogen and oxygen atoms in total. The van der Waals surface area contributed by atoms with Crippen molar-refractivity contribution in [1.82, 2.24) is 5.32 Å². The average Bonchev–Trinajstić information content (AvgIpc) is 2.47. The molecular formula is C17H21NO2. The largest absolute Gasteiger partial charge is 0.382 e. The molecule has 0 spiro atoms. The molecule has 2 rings (SSSR count). The number of amides is 1. The molecule has 0 saturated carbocycles. The monoisotopic (exact) mass is 271 g/mol. The third-order valence-corrected chi connectivity index (χ3v) is 3.22. The van der Waals surface area contributed by atoms with Crippen molar-refractivity contribution in [3.63, 3.8) is 0 Å². The van der Waals surface area contributed by atoms with Gasteiger partial charge in [-0.05, 0) is 29.7 Å². The summed E-state index contributed by atoms with van der Waals surface area (Å²) < 4.78 is 5.24. The molecule has 0 saturated heterocycles. The van der Waals surface area contributed by atoms with Gasteiger partial charge in [-0.1, -0.05) is 42.5 Å². The quantitative estimate of drug-likeness (QED) is 0.786. The minimum Gasteiger partial charge on any atom is -0.382 e. The molecule has 106 valence electrons. The molecule has 0 aliphatic rings. The van der Waals surface area contributed by atoms with Crippen LogP contribution >= 0.6 is 0 Å². The smallest absolute Gasteiger partial charge is 0.224 e. The molecule has 0 unspecified atom stereocenters. The predicted octanol–water partition coefficient (Wildman–Crippen LogP) is 2.93. The highest BCUT2D eigenvalue weighted by molar-refractivity contribution is 5.90. The van der Waals surface area contributed by atoms with Crippen LogP contribution in [0.4, 0.5) is 0 Å². The maximum atomic E-state index is 11.9. The molecule has 2 aromatic rings. The van der Waals surface area contributed by atoms with Crippen LogP contribution in [0, 0.1) is 0 Å². The van der Waals surface area contributed by atoms with Gasteiger partial charge in [0.25, 0.3) is 0 Å². The van der Waals surface area contributed by atoms with Gasteiger partial charge in [0.05, 0.1) is 6.42 Å². The maximum absolute atomic E-state index is 11.9. The Balaban J connectivity index is 1.90. The Kier molecular flexibility index (Phi) is 5.56. The maximum Gasteiger partial charge on any atom is 0.224 e. The highest BCUT2D eigenvalue weighted by Crippen LogP contribution is 2.18. The molecule has 0 fully saturated rings. The van der Waals surface area contributed by atoms with E-state index >= 15 is 0 Å². The number of hydrogen-bond acceptors (Lipinski definition) is 2. The lowest BCUT2D eigenvalue weighted by atomic mass is 10.0. The molecule has 1 N–H and O–H groups in total. The Bertz CT molecular complexity index is 560. The Hall–Kier alpha value is -1.87. The second-order valence-electron chi connectivity index (χ2n) is 4.72. The number of hydrogen-bond donors (Lipinski definition) is 1. The van der Waals surface area contributed by atoms with Crippen LogP contribution in [0.2, 0.25) is 0 Å². The normalized spacial score (nSPS) is 10.7. The molecule has 0 radical (unpaired) electrons. The molecule has 0 aliphatic heterocycles. The summed E-state index contributed by atoms with van der Waals surface area (Å²) in [5, 5.41) is 5.26. The Morgan fingerprint density at radius 3 is 2.80 bits per heavy atom. The summed E-state index contributed by atoms with van der Waals surface area (Å²) in [4.78, 5) is 11.9. The van der Waals surface area contributed by atoms with E-state index in [1.54, 1.807) is 0 Å². The predicted molar refractivity (Wildman–Crippen MR) is 81.8 cm³/mol. The molecule has 0 aliphatic carbocycles. The lowest BCUT2D eigenvalue weighted by Gasteiger charge is -2.08. The minimum absolute atomic E-state index is 0.0675. The van der Waals surface area contributed by atoms with Gasteiger partial charge < -0.3 is 10.1 Å². The summed E-state index contributed by atoms with van der Waals surface area (Å²) in [6, 6.07) is 14.2. The van der Waals surface area contributed by atoms with E-state index in [0.29, 0.717) is 19.6 Å². The third kappa shape index (κ3) is 4.07. The Morgan fingerprint density at radius 2 is 1.95 bits per heavy atom. The molecule has 0 heterocycles. The van der Waals surface area contributed by atoms with Crippen LogP contribution in [-0.4, -0.2) is 25.7 Å². The number of carbonyl (C=O) groups excluding carboxylic acids is 1. The molecule has 0 bridgehead atoms. The highest BCUT2D eigenvalue weighted by atomic mass is 16.5. The van der Waals surface area contributed by atoms with Crippen molar-refractivity contribution >= 4 is 16.7 Å². The van der Waals surface area contributed by atoms with E-state index in [4.69, 9.17) is 4.74 Å². The number of benzene rings is 2. The summed E-state index contributed by atoms with van der Waals surface area (Å²) in [6.07, 6.45) is 1.28. The highest BCUT2D eigenvalue weighted by Gasteiger charge is 2.06. The topological polar surface area (TPSA) is 38.3 Å². The third-order valence-electron chi connectivity index (χ3n) is 3.22. The Labute approximate surface area is 119 Å². The van der Waals surface area contributed by atoms with Crippen LogP contribution in [0.3, 0.4) is 0 Å². The van der Waals surface area contributed by atoms with E-state index in [-0.39, 0.29) is 5.91 Å². The van der Waals surface area contributed by atoms with E-state index in [1.165, 1.54) is 5.39 Å². The fourth-order valence-electron chi connectivity index (χ4n) is 2.23. The van der Waals surface area contributed by atoms with E-state index in [2.05, 4.69) is 23.5 Å². The van der Waals surface area contributed by atoms with Gasteiger partial charge in [-0.2, -0.15) is 0 Å². The lowest BCUT2D eigenvalue weighted by Crippen LogP contribution is -2.26. The summed E-state index contributed by atoms with van der Waals surface area (Å²) in [7, 11) is 0. The van der Waals surface area contributed by atoms with Crippen LogP contribution in [-0.2, 0) is 16.0 Å². The van der Waals surface area contributed by atoms with Crippen molar-refractivity contribution < 1.29 is 9.53 Å². The SMILES string of the molecule is CCOCCCNC(=O)Cc1cccc2ccccc12. The van der Waals surface area contributed by atoms with Gasteiger partial charge in [-0.25, -0.2) is 0 Å². The average molecular weight is 271 g/mol. The number of rotatable bonds is 7. The van der Waals surface area contributed by atoms with Crippen LogP contribution in [0.5, 0.6) is 0 Å². The summed E-state index contributed by atoms with van der Waals surface area (Å²) in [5.74, 6) is 0.0675. The molecule has 1 amide bonds. The van der Waals surface area contributed by atoms with Crippen molar-refractivity contribution in [2.45, 2.75) is 19.8 Å². The molecule has 0 aromatic heterocycles. The van der Waals surface area contributed by atoms with Crippen molar-refractivity contribution in [3.8, 4) is 0 Å². The number of carbonyl (C=O) groups is 1. The Morgan fingerprint density at radius 1 is 1.15 bits per heavy atom. The van der Waals surface area contributed by atoms with Crippen LogP contribution in [0.25, 0.3) is 10.8 Å². The van der Waals surface area contributed by atoms with Gasteiger partial charge in [0, 0.05) is 19.8 Å².